The van der Waals surface area contributed by atoms with E-state index in [1.807, 2.05) is 37.3 Å². The molecule has 5 heteroatoms. The average Bonchev–Trinajstić information content (AvgIpc) is 2.61. The van der Waals surface area contributed by atoms with Gasteiger partial charge in [0.2, 0.25) is 11.8 Å². The minimum absolute atomic E-state index is 0.196. The van der Waals surface area contributed by atoms with E-state index >= 15 is 0 Å². The summed E-state index contributed by atoms with van der Waals surface area (Å²) < 4.78 is 12.9. The molecule has 0 radical (unpaired) electrons. The molecule has 1 atom stereocenters. The number of carbonyl (C=O) groups excluding carboxylic acids is 2. The van der Waals surface area contributed by atoms with Crippen molar-refractivity contribution in [1.29, 1.82) is 0 Å². The van der Waals surface area contributed by atoms with Gasteiger partial charge >= 0.3 is 0 Å². The van der Waals surface area contributed by atoms with E-state index in [0.29, 0.717) is 0 Å². The highest BCUT2D eigenvalue weighted by molar-refractivity contribution is 6.04. The lowest BCUT2D eigenvalue weighted by Gasteiger charge is -2.25. The molecular weight excluding hydrogens is 319 g/mol. The Morgan fingerprint density at radius 3 is 2.20 bits per heavy atom. The van der Waals surface area contributed by atoms with Crippen molar-refractivity contribution in [3.63, 3.8) is 0 Å². The lowest BCUT2D eigenvalue weighted by Crippen LogP contribution is -2.48. The predicted octanol–water partition coefficient (Wildman–Crippen LogP) is 3.35. The lowest BCUT2D eigenvalue weighted by atomic mass is 9.90. The Morgan fingerprint density at radius 1 is 1.00 bits per heavy atom. The molecule has 0 fully saturated rings. The summed E-state index contributed by atoms with van der Waals surface area (Å²) in [6.45, 7) is 5.28. The van der Waals surface area contributed by atoms with E-state index in [4.69, 9.17) is 0 Å². The first-order valence-corrected chi connectivity index (χ1v) is 8.19. The van der Waals surface area contributed by atoms with Crippen LogP contribution in [0.4, 0.5) is 4.39 Å². The van der Waals surface area contributed by atoms with Gasteiger partial charge in [-0.1, -0.05) is 42.5 Å². The first-order valence-electron chi connectivity index (χ1n) is 8.19. The number of rotatable bonds is 6. The zero-order valence-electron chi connectivity index (χ0n) is 14.7. The molecule has 2 amide bonds. The molecule has 2 aromatic rings. The topological polar surface area (TPSA) is 58.2 Å². The van der Waals surface area contributed by atoms with E-state index < -0.39 is 5.41 Å². The van der Waals surface area contributed by atoms with Crippen molar-refractivity contribution >= 4 is 11.8 Å². The second-order valence-corrected chi connectivity index (χ2v) is 6.54. The van der Waals surface area contributed by atoms with E-state index in [2.05, 4.69) is 10.6 Å². The SMILES string of the molecule is CC(NC(=O)C(C)(C)C(=O)NCc1ccc(F)cc1)c1ccccc1. The van der Waals surface area contributed by atoms with E-state index in [1.54, 1.807) is 26.0 Å². The van der Waals surface area contributed by atoms with Crippen molar-refractivity contribution in [1.82, 2.24) is 10.6 Å². The van der Waals surface area contributed by atoms with Crippen molar-refractivity contribution in [3.8, 4) is 0 Å². The fraction of sp³-hybridized carbons (Fsp3) is 0.300. The minimum Gasteiger partial charge on any atom is -0.351 e. The van der Waals surface area contributed by atoms with Crippen molar-refractivity contribution in [2.75, 3.05) is 0 Å². The number of carbonyl (C=O) groups is 2. The third-order valence-corrected chi connectivity index (χ3v) is 4.15. The monoisotopic (exact) mass is 342 g/mol. The number of nitrogens with one attached hydrogen (secondary N) is 2. The molecule has 0 aliphatic rings. The molecule has 4 nitrogen and oxygen atoms in total. The molecular formula is C20H23FN2O2. The number of amides is 2. The van der Waals surface area contributed by atoms with E-state index in [-0.39, 0.29) is 30.2 Å². The summed E-state index contributed by atoms with van der Waals surface area (Å²) in [4.78, 5) is 24.9. The number of hydrogen-bond acceptors (Lipinski definition) is 2. The Bertz CT molecular complexity index is 727. The van der Waals surface area contributed by atoms with Crippen molar-refractivity contribution in [3.05, 3.63) is 71.5 Å². The second-order valence-electron chi connectivity index (χ2n) is 6.54. The molecule has 0 bridgehead atoms. The molecule has 0 aliphatic carbocycles. The van der Waals surface area contributed by atoms with Crippen molar-refractivity contribution in [2.24, 2.45) is 5.41 Å². The van der Waals surface area contributed by atoms with E-state index in [0.717, 1.165) is 11.1 Å². The van der Waals surface area contributed by atoms with Crippen LogP contribution in [0.25, 0.3) is 0 Å². The summed E-state index contributed by atoms with van der Waals surface area (Å²) in [5.74, 6) is -1.06. The molecule has 0 saturated heterocycles. The Hall–Kier alpha value is -2.69. The number of halogens is 1. The van der Waals surface area contributed by atoms with Gasteiger partial charge in [0.25, 0.3) is 0 Å². The van der Waals surface area contributed by atoms with Crippen LogP contribution >= 0.6 is 0 Å². The fourth-order valence-corrected chi connectivity index (χ4v) is 2.31. The first-order chi connectivity index (χ1) is 11.8. The van der Waals surface area contributed by atoms with Crippen LogP contribution in [0, 0.1) is 11.2 Å². The van der Waals surface area contributed by atoms with Gasteiger partial charge in [-0.05, 0) is 44.0 Å². The summed E-state index contributed by atoms with van der Waals surface area (Å²) >= 11 is 0. The van der Waals surface area contributed by atoms with Crippen LogP contribution in [0.3, 0.4) is 0 Å². The molecule has 0 saturated carbocycles. The zero-order valence-corrected chi connectivity index (χ0v) is 14.7. The van der Waals surface area contributed by atoms with Crippen LogP contribution in [0.15, 0.2) is 54.6 Å². The van der Waals surface area contributed by atoms with Crippen molar-refractivity contribution in [2.45, 2.75) is 33.4 Å². The van der Waals surface area contributed by atoms with Crippen LogP contribution in [-0.4, -0.2) is 11.8 Å². The van der Waals surface area contributed by atoms with Gasteiger partial charge in [0.15, 0.2) is 0 Å². The van der Waals surface area contributed by atoms with Crippen LogP contribution in [-0.2, 0) is 16.1 Å². The highest BCUT2D eigenvalue weighted by atomic mass is 19.1. The molecule has 25 heavy (non-hydrogen) atoms. The van der Waals surface area contributed by atoms with Crippen molar-refractivity contribution < 1.29 is 14.0 Å². The maximum absolute atomic E-state index is 12.9. The quantitative estimate of drug-likeness (QED) is 0.791. The summed E-state index contributed by atoms with van der Waals surface area (Å²) in [5, 5.41) is 5.60. The van der Waals surface area contributed by atoms with Gasteiger partial charge < -0.3 is 10.6 Å². The third kappa shape index (κ3) is 4.89. The number of hydrogen-bond donors (Lipinski definition) is 2. The normalized spacial score (nSPS) is 12.3. The van der Waals surface area contributed by atoms with Gasteiger partial charge in [0.1, 0.15) is 11.2 Å². The summed E-state index contributed by atoms with van der Waals surface area (Å²) in [7, 11) is 0. The standard InChI is InChI=1S/C20H23FN2O2/c1-14(16-7-5-4-6-8-16)23-19(25)20(2,3)18(24)22-13-15-9-11-17(21)12-10-15/h4-12,14H,13H2,1-3H3,(H,22,24)(H,23,25). The first kappa shape index (κ1) is 18.6. The zero-order chi connectivity index (χ0) is 18.4. The maximum Gasteiger partial charge on any atom is 0.235 e. The van der Waals surface area contributed by atoms with E-state index in [1.165, 1.54) is 12.1 Å². The lowest BCUT2D eigenvalue weighted by molar-refractivity contribution is -0.141. The van der Waals surface area contributed by atoms with Gasteiger partial charge in [-0.15, -0.1) is 0 Å². The molecule has 2 aromatic carbocycles. The van der Waals surface area contributed by atoms with E-state index in [9.17, 15) is 14.0 Å². The largest absolute Gasteiger partial charge is 0.351 e. The van der Waals surface area contributed by atoms with Crippen LogP contribution in [0.2, 0.25) is 0 Å². The Balaban J connectivity index is 1.95. The molecule has 2 rings (SSSR count). The smallest absolute Gasteiger partial charge is 0.235 e. The molecule has 0 spiro atoms. The van der Waals surface area contributed by atoms with Gasteiger partial charge in [-0.25, -0.2) is 4.39 Å². The molecule has 0 aromatic heterocycles. The molecule has 0 aliphatic heterocycles. The fourth-order valence-electron chi connectivity index (χ4n) is 2.31. The van der Waals surface area contributed by atoms with Gasteiger partial charge in [0, 0.05) is 6.54 Å². The van der Waals surface area contributed by atoms with Crippen LogP contribution in [0.1, 0.15) is 37.9 Å². The Kier molecular flexibility index (Phi) is 5.91. The minimum atomic E-state index is -1.22. The van der Waals surface area contributed by atoms with Gasteiger partial charge in [-0.3, -0.25) is 9.59 Å². The third-order valence-electron chi connectivity index (χ3n) is 4.15. The maximum atomic E-state index is 12.9. The molecule has 1 unspecified atom stereocenters. The molecule has 0 heterocycles. The highest BCUT2D eigenvalue weighted by Crippen LogP contribution is 2.19. The second kappa shape index (κ2) is 7.92. The molecule has 132 valence electrons. The van der Waals surface area contributed by atoms with Crippen LogP contribution < -0.4 is 10.6 Å². The van der Waals surface area contributed by atoms with Gasteiger partial charge in [0.05, 0.1) is 6.04 Å². The average molecular weight is 342 g/mol. The summed E-state index contributed by atoms with van der Waals surface area (Å²) in [6.07, 6.45) is 0. The Labute approximate surface area is 147 Å². The summed E-state index contributed by atoms with van der Waals surface area (Å²) in [5.41, 5.74) is 0.519. The summed E-state index contributed by atoms with van der Waals surface area (Å²) in [6, 6.07) is 15.2. The Morgan fingerprint density at radius 2 is 1.60 bits per heavy atom. The van der Waals surface area contributed by atoms with Gasteiger partial charge in [-0.2, -0.15) is 0 Å². The van der Waals surface area contributed by atoms with Crippen LogP contribution in [0.5, 0.6) is 0 Å². The number of benzene rings is 2. The highest BCUT2D eigenvalue weighted by Gasteiger charge is 2.36. The molecule has 2 N–H and O–H groups in total. The predicted molar refractivity (Wildman–Crippen MR) is 95.0 cm³/mol.